The minimum absolute atomic E-state index is 0.142. The van der Waals surface area contributed by atoms with Gasteiger partial charge >= 0.3 is 0 Å². The van der Waals surface area contributed by atoms with Crippen molar-refractivity contribution in [1.29, 1.82) is 5.26 Å². The summed E-state index contributed by atoms with van der Waals surface area (Å²) in [6.07, 6.45) is 1.90. The third-order valence-electron chi connectivity index (χ3n) is 3.68. The molecule has 0 aromatic heterocycles. The van der Waals surface area contributed by atoms with Crippen molar-refractivity contribution in [2.75, 3.05) is 11.1 Å². The fraction of sp³-hybridized carbons (Fsp3) is 0.188. The Kier molecular flexibility index (Phi) is 3.03. The number of nitrogen functional groups attached to an aromatic ring is 1. The van der Waals surface area contributed by atoms with E-state index in [4.69, 9.17) is 11.0 Å². The molecule has 0 saturated heterocycles. The predicted molar refractivity (Wildman–Crippen MR) is 76.7 cm³/mol. The summed E-state index contributed by atoms with van der Waals surface area (Å²) in [6.45, 7) is 0. The number of fused-ring (bicyclic) bond motifs is 1. The zero-order valence-electron chi connectivity index (χ0n) is 10.9. The van der Waals surface area contributed by atoms with E-state index in [1.807, 2.05) is 24.3 Å². The van der Waals surface area contributed by atoms with Gasteiger partial charge in [0.2, 0.25) is 0 Å². The molecule has 0 heterocycles. The van der Waals surface area contributed by atoms with Crippen molar-refractivity contribution >= 4 is 11.4 Å². The third-order valence-corrected chi connectivity index (χ3v) is 3.68. The molecule has 0 saturated carbocycles. The number of hydrogen-bond acceptors (Lipinski definition) is 3. The van der Waals surface area contributed by atoms with E-state index in [0.29, 0.717) is 11.3 Å². The highest BCUT2D eigenvalue weighted by molar-refractivity contribution is 5.60. The van der Waals surface area contributed by atoms with Gasteiger partial charge in [0.15, 0.2) is 0 Å². The maximum absolute atomic E-state index is 13.1. The summed E-state index contributed by atoms with van der Waals surface area (Å²) in [5, 5.41) is 12.4. The minimum atomic E-state index is -0.397. The van der Waals surface area contributed by atoms with Crippen molar-refractivity contribution in [3.63, 3.8) is 0 Å². The van der Waals surface area contributed by atoms with Gasteiger partial charge in [0.25, 0.3) is 0 Å². The van der Waals surface area contributed by atoms with Crippen LogP contribution in [0, 0.1) is 17.1 Å². The highest BCUT2D eigenvalue weighted by Crippen LogP contribution is 2.35. The van der Waals surface area contributed by atoms with E-state index in [2.05, 4.69) is 5.32 Å². The highest BCUT2D eigenvalue weighted by atomic mass is 19.1. The summed E-state index contributed by atoms with van der Waals surface area (Å²) in [4.78, 5) is 0. The Balaban J connectivity index is 1.90. The highest BCUT2D eigenvalue weighted by Gasteiger charge is 2.23. The number of nitriles is 1. The molecule has 3 N–H and O–H groups in total. The van der Waals surface area contributed by atoms with Gasteiger partial charge in [0.05, 0.1) is 17.3 Å². The van der Waals surface area contributed by atoms with Gasteiger partial charge in [0, 0.05) is 5.69 Å². The van der Waals surface area contributed by atoms with Crippen molar-refractivity contribution in [3.05, 3.63) is 58.9 Å². The Bertz CT molecular complexity index is 703. The summed E-state index contributed by atoms with van der Waals surface area (Å²) in [7, 11) is 0. The molecule has 20 heavy (non-hydrogen) atoms. The first-order valence-electron chi connectivity index (χ1n) is 6.52. The van der Waals surface area contributed by atoms with Gasteiger partial charge in [-0.2, -0.15) is 5.26 Å². The molecule has 1 unspecified atom stereocenters. The van der Waals surface area contributed by atoms with Crippen LogP contribution < -0.4 is 11.1 Å². The van der Waals surface area contributed by atoms with Crippen LogP contribution in [0.15, 0.2) is 36.4 Å². The Morgan fingerprint density at radius 1 is 1.25 bits per heavy atom. The molecular weight excluding hydrogens is 253 g/mol. The van der Waals surface area contributed by atoms with Crippen LogP contribution >= 0.6 is 0 Å². The largest absolute Gasteiger partial charge is 0.399 e. The number of hydrogen-bond donors (Lipinski definition) is 2. The average molecular weight is 267 g/mol. The number of nitrogens with zero attached hydrogens (tertiary/aromatic N) is 1. The van der Waals surface area contributed by atoms with E-state index in [0.717, 1.165) is 18.5 Å². The smallest absolute Gasteiger partial charge is 0.124 e. The molecule has 1 aliphatic rings. The van der Waals surface area contributed by atoms with Crippen molar-refractivity contribution in [1.82, 2.24) is 0 Å². The Labute approximate surface area is 116 Å². The van der Waals surface area contributed by atoms with E-state index in [-0.39, 0.29) is 6.04 Å². The summed E-state index contributed by atoms with van der Waals surface area (Å²) >= 11 is 0. The van der Waals surface area contributed by atoms with Crippen molar-refractivity contribution in [2.45, 2.75) is 18.9 Å². The average Bonchev–Trinajstić information content (AvgIpc) is 2.83. The van der Waals surface area contributed by atoms with Crippen LogP contribution in [0.25, 0.3) is 0 Å². The second-order valence-corrected chi connectivity index (χ2v) is 5.00. The van der Waals surface area contributed by atoms with Crippen LogP contribution in [0.4, 0.5) is 15.8 Å². The number of anilines is 2. The predicted octanol–water partition coefficient (Wildman–Crippen LogP) is 3.38. The fourth-order valence-corrected chi connectivity index (χ4v) is 2.71. The van der Waals surface area contributed by atoms with Gasteiger partial charge in [-0.3, -0.25) is 0 Å². The lowest BCUT2D eigenvalue weighted by molar-refractivity contribution is 0.627. The van der Waals surface area contributed by atoms with E-state index >= 15 is 0 Å². The Hall–Kier alpha value is -2.54. The van der Waals surface area contributed by atoms with Gasteiger partial charge in [0.1, 0.15) is 11.9 Å². The standard InChI is InChI=1S/C16H14FN3/c17-12-2-6-15(11(7-12)9-18)20-16-5-1-10-8-13(19)3-4-14(10)16/h2-4,6-8,16,20H,1,5,19H2. The molecule has 1 aliphatic carbocycles. The van der Waals surface area contributed by atoms with E-state index in [9.17, 15) is 4.39 Å². The van der Waals surface area contributed by atoms with Crippen LogP contribution in [0.5, 0.6) is 0 Å². The lowest BCUT2D eigenvalue weighted by Gasteiger charge is -2.16. The van der Waals surface area contributed by atoms with Gasteiger partial charge in [-0.1, -0.05) is 6.07 Å². The van der Waals surface area contributed by atoms with Gasteiger partial charge in [-0.05, 0) is 54.3 Å². The molecule has 2 aromatic rings. The van der Waals surface area contributed by atoms with Crippen LogP contribution in [-0.2, 0) is 6.42 Å². The number of nitrogens with one attached hydrogen (secondary N) is 1. The molecule has 0 radical (unpaired) electrons. The molecule has 0 aliphatic heterocycles. The van der Waals surface area contributed by atoms with Gasteiger partial charge in [-0.25, -0.2) is 4.39 Å². The summed E-state index contributed by atoms with van der Waals surface area (Å²) in [5.41, 5.74) is 9.99. The fourth-order valence-electron chi connectivity index (χ4n) is 2.71. The van der Waals surface area contributed by atoms with Crippen molar-refractivity contribution in [3.8, 4) is 6.07 Å². The molecular formula is C16H14FN3. The molecule has 0 bridgehead atoms. The van der Waals surface area contributed by atoms with E-state index in [1.165, 1.54) is 23.3 Å². The molecule has 3 nitrogen and oxygen atoms in total. The molecule has 0 amide bonds. The molecule has 2 aromatic carbocycles. The van der Waals surface area contributed by atoms with Crippen molar-refractivity contribution in [2.24, 2.45) is 0 Å². The number of nitrogens with two attached hydrogens (primary N) is 1. The first kappa shape index (κ1) is 12.5. The molecule has 0 spiro atoms. The lowest BCUT2D eigenvalue weighted by atomic mass is 10.1. The lowest BCUT2D eigenvalue weighted by Crippen LogP contribution is -2.08. The third kappa shape index (κ3) is 2.19. The Morgan fingerprint density at radius 2 is 2.10 bits per heavy atom. The topological polar surface area (TPSA) is 61.8 Å². The van der Waals surface area contributed by atoms with Crippen molar-refractivity contribution < 1.29 is 4.39 Å². The first-order valence-corrected chi connectivity index (χ1v) is 6.52. The van der Waals surface area contributed by atoms with Crippen LogP contribution in [0.3, 0.4) is 0 Å². The molecule has 100 valence electrons. The summed E-state index contributed by atoms with van der Waals surface area (Å²) < 4.78 is 13.1. The molecule has 3 rings (SSSR count). The first-order chi connectivity index (χ1) is 9.67. The Morgan fingerprint density at radius 3 is 2.90 bits per heavy atom. The number of halogens is 1. The number of aryl methyl sites for hydroxylation is 1. The quantitative estimate of drug-likeness (QED) is 0.820. The molecule has 0 fully saturated rings. The summed E-state index contributed by atoms with van der Waals surface area (Å²) in [6, 6.07) is 12.3. The molecule has 4 heteroatoms. The van der Waals surface area contributed by atoms with Crippen LogP contribution in [-0.4, -0.2) is 0 Å². The summed E-state index contributed by atoms with van der Waals surface area (Å²) in [5.74, 6) is -0.397. The SMILES string of the molecule is N#Cc1cc(F)ccc1NC1CCc2cc(N)ccc21. The normalized spacial score (nSPS) is 16.5. The van der Waals surface area contributed by atoms with E-state index < -0.39 is 5.82 Å². The van der Waals surface area contributed by atoms with Gasteiger partial charge < -0.3 is 11.1 Å². The maximum Gasteiger partial charge on any atom is 0.124 e. The monoisotopic (exact) mass is 267 g/mol. The second kappa shape index (κ2) is 4.86. The number of rotatable bonds is 2. The molecule has 1 atom stereocenters. The van der Waals surface area contributed by atoms with Gasteiger partial charge in [-0.15, -0.1) is 0 Å². The minimum Gasteiger partial charge on any atom is -0.399 e. The zero-order valence-corrected chi connectivity index (χ0v) is 10.9. The number of benzene rings is 2. The maximum atomic E-state index is 13.1. The van der Waals surface area contributed by atoms with Crippen LogP contribution in [0.1, 0.15) is 29.2 Å². The van der Waals surface area contributed by atoms with Crippen LogP contribution in [0.2, 0.25) is 0 Å². The zero-order chi connectivity index (χ0) is 14.1. The van der Waals surface area contributed by atoms with E-state index in [1.54, 1.807) is 6.07 Å². The second-order valence-electron chi connectivity index (χ2n) is 5.00.